The van der Waals surface area contributed by atoms with Crippen molar-refractivity contribution >= 4 is 44.6 Å². The van der Waals surface area contributed by atoms with E-state index in [4.69, 9.17) is 0 Å². The number of nitrogens with zero attached hydrogens (tertiary/aromatic N) is 3. The van der Waals surface area contributed by atoms with Gasteiger partial charge in [0.1, 0.15) is 6.33 Å². The standard InChI is InChI=1S/C27H24N6O4S/c1-33(38(2,36)37)25-6-4-3-5-20(25)17-7-9-21-23(13-17)31-24-14-18(8-10-22(24)32-27(21)35)26(34)29-15-19-11-12-28-16-30-19/h3-14,16,31H,15H2,1-2H3,(H,29,34)(H,32,35). The van der Waals surface area contributed by atoms with Gasteiger partial charge in [-0.3, -0.25) is 13.9 Å². The maximum atomic E-state index is 13.0. The Morgan fingerprint density at radius 3 is 2.53 bits per heavy atom. The highest BCUT2D eigenvalue weighted by atomic mass is 32.2. The molecule has 3 N–H and O–H groups in total. The third-order valence-corrected chi connectivity index (χ3v) is 7.38. The average molecular weight is 529 g/mol. The molecule has 3 aromatic carbocycles. The molecule has 0 saturated carbocycles. The Hall–Kier alpha value is -4.77. The van der Waals surface area contributed by atoms with Crippen LogP contribution in [-0.4, -0.2) is 43.5 Å². The Morgan fingerprint density at radius 1 is 0.947 bits per heavy atom. The second-order valence-corrected chi connectivity index (χ2v) is 10.7. The van der Waals surface area contributed by atoms with Crippen molar-refractivity contribution in [3.63, 3.8) is 0 Å². The number of carbonyl (C=O) groups excluding carboxylic acids is 2. The van der Waals surface area contributed by atoms with E-state index in [2.05, 4.69) is 25.9 Å². The van der Waals surface area contributed by atoms with Gasteiger partial charge in [0.25, 0.3) is 11.8 Å². The van der Waals surface area contributed by atoms with E-state index in [1.165, 1.54) is 17.7 Å². The monoisotopic (exact) mass is 528 g/mol. The number of hydrogen-bond donors (Lipinski definition) is 3. The Balaban J connectivity index is 1.47. The molecule has 1 aliphatic rings. The summed E-state index contributed by atoms with van der Waals surface area (Å²) in [5.41, 5.74) is 5.00. The van der Waals surface area contributed by atoms with Gasteiger partial charge in [0.15, 0.2) is 0 Å². The molecule has 1 aromatic heterocycles. The summed E-state index contributed by atoms with van der Waals surface area (Å²) < 4.78 is 25.6. The zero-order valence-corrected chi connectivity index (χ0v) is 21.4. The fourth-order valence-corrected chi connectivity index (χ4v) is 4.63. The summed E-state index contributed by atoms with van der Waals surface area (Å²) in [7, 11) is -1.99. The first-order chi connectivity index (χ1) is 18.2. The molecule has 0 fully saturated rings. The number of amides is 2. The van der Waals surface area contributed by atoms with Gasteiger partial charge < -0.3 is 16.0 Å². The van der Waals surface area contributed by atoms with E-state index in [1.54, 1.807) is 60.8 Å². The quantitative estimate of drug-likeness (QED) is 0.347. The maximum Gasteiger partial charge on any atom is 0.257 e. The lowest BCUT2D eigenvalue weighted by atomic mass is 10.0. The molecule has 0 spiro atoms. The summed E-state index contributed by atoms with van der Waals surface area (Å²) in [4.78, 5) is 33.7. The number of rotatable bonds is 6. The van der Waals surface area contributed by atoms with Gasteiger partial charge in [0.2, 0.25) is 10.0 Å². The smallest absolute Gasteiger partial charge is 0.257 e. The van der Waals surface area contributed by atoms with Crippen LogP contribution in [0, 0.1) is 0 Å². The molecule has 2 heterocycles. The van der Waals surface area contributed by atoms with Gasteiger partial charge in [-0.2, -0.15) is 0 Å². The second-order valence-electron chi connectivity index (χ2n) is 8.73. The molecule has 38 heavy (non-hydrogen) atoms. The SMILES string of the molecule is CN(c1ccccc1-c1ccc2c(c1)Nc1cc(C(=O)NCc3ccncn3)ccc1NC2=O)S(C)(=O)=O. The van der Waals surface area contributed by atoms with Crippen LogP contribution in [0.2, 0.25) is 0 Å². The van der Waals surface area contributed by atoms with Crippen molar-refractivity contribution < 1.29 is 18.0 Å². The molecule has 0 radical (unpaired) electrons. The molecule has 0 aliphatic carbocycles. The van der Waals surface area contributed by atoms with Gasteiger partial charge in [-0.05, 0) is 48.0 Å². The first-order valence-corrected chi connectivity index (χ1v) is 13.5. The molecule has 10 nitrogen and oxygen atoms in total. The zero-order chi connectivity index (χ0) is 26.9. The largest absolute Gasteiger partial charge is 0.353 e. The fraction of sp³-hybridized carbons (Fsp3) is 0.111. The number of anilines is 4. The molecule has 1 aliphatic heterocycles. The van der Waals surface area contributed by atoms with Gasteiger partial charge in [-0.25, -0.2) is 18.4 Å². The van der Waals surface area contributed by atoms with Gasteiger partial charge in [-0.1, -0.05) is 24.3 Å². The van der Waals surface area contributed by atoms with Crippen molar-refractivity contribution in [1.82, 2.24) is 15.3 Å². The minimum Gasteiger partial charge on any atom is -0.353 e. The molecule has 0 unspecified atom stereocenters. The molecular weight excluding hydrogens is 504 g/mol. The molecule has 11 heteroatoms. The minimum absolute atomic E-state index is 0.246. The minimum atomic E-state index is -3.49. The lowest BCUT2D eigenvalue weighted by Crippen LogP contribution is -2.25. The summed E-state index contributed by atoms with van der Waals surface area (Å²) in [6, 6.07) is 19.1. The Bertz CT molecular complexity index is 1660. The van der Waals surface area contributed by atoms with E-state index in [0.717, 1.165) is 11.8 Å². The van der Waals surface area contributed by atoms with Crippen molar-refractivity contribution in [2.24, 2.45) is 0 Å². The van der Waals surface area contributed by atoms with E-state index in [1.807, 2.05) is 12.1 Å². The van der Waals surface area contributed by atoms with Crippen LogP contribution in [-0.2, 0) is 16.6 Å². The van der Waals surface area contributed by atoms with Crippen molar-refractivity contribution in [2.75, 3.05) is 28.2 Å². The lowest BCUT2D eigenvalue weighted by Gasteiger charge is -2.21. The number of nitrogens with one attached hydrogen (secondary N) is 3. The summed E-state index contributed by atoms with van der Waals surface area (Å²) >= 11 is 0. The van der Waals surface area contributed by atoms with E-state index in [-0.39, 0.29) is 18.4 Å². The lowest BCUT2D eigenvalue weighted by molar-refractivity contribution is 0.0949. The second kappa shape index (κ2) is 9.94. The molecule has 0 atom stereocenters. The number of benzene rings is 3. The summed E-state index contributed by atoms with van der Waals surface area (Å²) in [5.74, 6) is -0.601. The Kier molecular flexibility index (Phi) is 6.52. The normalized spacial score (nSPS) is 12.3. The van der Waals surface area contributed by atoms with Gasteiger partial charge in [-0.15, -0.1) is 0 Å². The van der Waals surface area contributed by atoms with Crippen LogP contribution in [0.1, 0.15) is 26.4 Å². The van der Waals surface area contributed by atoms with Crippen molar-refractivity contribution in [3.8, 4) is 11.1 Å². The first-order valence-electron chi connectivity index (χ1n) is 11.6. The van der Waals surface area contributed by atoms with E-state index >= 15 is 0 Å². The topological polar surface area (TPSA) is 133 Å². The highest BCUT2D eigenvalue weighted by Gasteiger charge is 2.22. The molecule has 4 aromatic rings. The number of aromatic nitrogens is 2. The van der Waals surface area contributed by atoms with Crippen LogP contribution in [0.5, 0.6) is 0 Å². The van der Waals surface area contributed by atoms with Crippen LogP contribution in [0.4, 0.5) is 22.7 Å². The van der Waals surface area contributed by atoms with Crippen LogP contribution in [0.3, 0.4) is 0 Å². The van der Waals surface area contributed by atoms with E-state index in [9.17, 15) is 18.0 Å². The van der Waals surface area contributed by atoms with Crippen LogP contribution in [0.25, 0.3) is 11.1 Å². The van der Waals surface area contributed by atoms with Crippen molar-refractivity contribution in [3.05, 3.63) is 96.1 Å². The van der Waals surface area contributed by atoms with E-state index < -0.39 is 10.0 Å². The molecule has 5 rings (SSSR count). The zero-order valence-electron chi connectivity index (χ0n) is 20.6. The predicted octanol–water partition coefficient (Wildman–Crippen LogP) is 3.78. The van der Waals surface area contributed by atoms with Gasteiger partial charge in [0.05, 0.1) is 46.8 Å². The van der Waals surface area contributed by atoms with Gasteiger partial charge >= 0.3 is 0 Å². The molecule has 0 saturated heterocycles. The number of carbonyl (C=O) groups is 2. The van der Waals surface area contributed by atoms with Crippen LogP contribution < -0.4 is 20.3 Å². The number of fused-ring (bicyclic) bond motifs is 2. The summed E-state index contributed by atoms with van der Waals surface area (Å²) in [6.45, 7) is 0.246. The Morgan fingerprint density at radius 2 is 1.76 bits per heavy atom. The molecule has 192 valence electrons. The van der Waals surface area contributed by atoms with E-state index in [0.29, 0.717) is 45.1 Å². The predicted molar refractivity (Wildman–Crippen MR) is 146 cm³/mol. The maximum absolute atomic E-state index is 13.0. The molecule has 2 amide bonds. The third-order valence-electron chi connectivity index (χ3n) is 6.19. The molecular formula is C27H24N6O4S. The number of hydrogen-bond acceptors (Lipinski definition) is 7. The van der Waals surface area contributed by atoms with Crippen molar-refractivity contribution in [2.45, 2.75) is 6.54 Å². The third kappa shape index (κ3) is 5.04. The average Bonchev–Trinajstić information content (AvgIpc) is 3.06. The van der Waals surface area contributed by atoms with Gasteiger partial charge in [0, 0.05) is 24.4 Å². The summed E-state index contributed by atoms with van der Waals surface area (Å²) in [5, 5.41) is 8.98. The fourth-order valence-electron chi connectivity index (χ4n) is 4.11. The van der Waals surface area contributed by atoms with Crippen molar-refractivity contribution in [1.29, 1.82) is 0 Å². The highest BCUT2D eigenvalue weighted by molar-refractivity contribution is 7.92. The summed E-state index contributed by atoms with van der Waals surface area (Å²) in [6.07, 6.45) is 4.16. The van der Waals surface area contributed by atoms with Crippen LogP contribution >= 0.6 is 0 Å². The van der Waals surface area contributed by atoms with Crippen LogP contribution in [0.15, 0.2) is 79.3 Å². The Labute approximate surface area is 219 Å². The first kappa shape index (κ1) is 24.9. The number of para-hydroxylation sites is 1. The highest BCUT2D eigenvalue weighted by Crippen LogP contribution is 2.37. The number of sulfonamides is 1. The molecule has 0 bridgehead atoms.